The summed E-state index contributed by atoms with van der Waals surface area (Å²) in [6.45, 7) is 0. The quantitative estimate of drug-likeness (QED) is 0.822. The van der Waals surface area contributed by atoms with Gasteiger partial charge in [-0.25, -0.2) is 4.79 Å². The molecule has 0 unspecified atom stereocenters. The maximum Gasteiger partial charge on any atom is 0.329 e. The third-order valence-electron chi connectivity index (χ3n) is 1.73. The average Bonchev–Trinajstić information content (AvgIpc) is 2.29. The third kappa shape index (κ3) is 4.46. The van der Waals surface area contributed by atoms with Crippen LogP contribution in [0.25, 0.3) is 0 Å². The highest BCUT2D eigenvalue weighted by Gasteiger charge is 2.11. The SMILES string of the molecule is CSC(=O)NC(=O)NC(=O)c1ccc(Cl)cc1. The molecule has 0 saturated heterocycles. The van der Waals surface area contributed by atoms with Crippen LogP contribution < -0.4 is 10.6 Å². The van der Waals surface area contributed by atoms with E-state index in [1.54, 1.807) is 0 Å². The Bertz CT molecular complexity index is 447. The summed E-state index contributed by atoms with van der Waals surface area (Å²) >= 11 is 6.49. The first-order valence-corrected chi connectivity index (χ1v) is 6.09. The summed E-state index contributed by atoms with van der Waals surface area (Å²) in [5, 5.41) is 3.94. The lowest BCUT2D eigenvalue weighted by molar-refractivity contribution is 0.0965. The second-order valence-electron chi connectivity index (χ2n) is 2.91. The number of imide groups is 2. The Labute approximate surface area is 107 Å². The Balaban J connectivity index is 2.57. The van der Waals surface area contributed by atoms with Crippen molar-refractivity contribution in [2.75, 3.05) is 6.26 Å². The van der Waals surface area contributed by atoms with E-state index >= 15 is 0 Å². The van der Waals surface area contributed by atoms with E-state index in [2.05, 4.69) is 0 Å². The lowest BCUT2D eigenvalue weighted by Crippen LogP contribution is -2.40. The molecule has 0 bridgehead atoms. The van der Waals surface area contributed by atoms with Gasteiger partial charge in [-0.2, -0.15) is 0 Å². The molecular weight excluding hydrogens is 264 g/mol. The van der Waals surface area contributed by atoms with Crippen LogP contribution in [0, 0.1) is 0 Å². The summed E-state index contributed by atoms with van der Waals surface area (Å²) in [6, 6.07) is 5.15. The van der Waals surface area contributed by atoms with Crippen molar-refractivity contribution in [1.82, 2.24) is 10.6 Å². The molecular formula is C10H9ClN2O3S. The zero-order valence-corrected chi connectivity index (χ0v) is 10.4. The predicted molar refractivity (Wildman–Crippen MR) is 66.4 cm³/mol. The maximum absolute atomic E-state index is 11.5. The van der Waals surface area contributed by atoms with Gasteiger partial charge in [-0.3, -0.25) is 20.2 Å². The zero-order valence-electron chi connectivity index (χ0n) is 8.82. The fourth-order valence-electron chi connectivity index (χ4n) is 0.952. The molecule has 1 aromatic rings. The van der Waals surface area contributed by atoms with Crippen molar-refractivity contribution in [3.63, 3.8) is 0 Å². The van der Waals surface area contributed by atoms with E-state index in [0.717, 1.165) is 11.8 Å². The number of nitrogens with one attached hydrogen (secondary N) is 2. The number of rotatable bonds is 1. The fraction of sp³-hybridized carbons (Fsp3) is 0.100. The van der Waals surface area contributed by atoms with Gasteiger partial charge in [0.05, 0.1) is 0 Å². The van der Waals surface area contributed by atoms with Crippen molar-refractivity contribution in [3.05, 3.63) is 34.9 Å². The Morgan fingerprint density at radius 1 is 1.12 bits per heavy atom. The van der Waals surface area contributed by atoms with Gasteiger partial charge in [0.1, 0.15) is 0 Å². The molecule has 0 aromatic heterocycles. The Morgan fingerprint density at radius 2 is 1.71 bits per heavy atom. The number of hydrogen-bond donors (Lipinski definition) is 2. The van der Waals surface area contributed by atoms with Crippen LogP contribution in [-0.4, -0.2) is 23.4 Å². The van der Waals surface area contributed by atoms with Crippen molar-refractivity contribution >= 4 is 40.5 Å². The van der Waals surface area contributed by atoms with Crippen molar-refractivity contribution in [2.24, 2.45) is 0 Å². The standard InChI is InChI=1S/C10H9ClN2O3S/c1-17-10(16)13-9(15)12-8(14)6-2-4-7(11)5-3-6/h2-5H,1H3,(H2,12,13,14,15,16). The summed E-state index contributed by atoms with van der Waals surface area (Å²) in [5.41, 5.74) is 0.279. The minimum absolute atomic E-state index is 0.279. The predicted octanol–water partition coefficient (Wildman–Crippen LogP) is 2.26. The number of urea groups is 1. The number of carbonyl (C=O) groups is 3. The third-order valence-corrected chi connectivity index (χ3v) is 2.46. The summed E-state index contributed by atoms with van der Waals surface area (Å²) in [4.78, 5) is 33.5. The first kappa shape index (κ1) is 13.5. The van der Waals surface area contributed by atoms with Gasteiger partial charge < -0.3 is 0 Å². The lowest BCUT2D eigenvalue weighted by Gasteiger charge is -2.04. The largest absolute Gasteiger partial charge is 0.329 e. The van der Waals surface area contributed by atoms with Crippen molar-refractivity contribution in [2.45, 2.75) is 0 Å². The van der Waals surface area contributed by atoms with Crippen LogP contribution in [0.1, 0.15) is 10.4 Å². The highest BCUT2D eigenvalue weighted by atomic mass is 35.5. The fourth-order valence-corrected chi connectivity index (χ4v) is 1.27. The number of carbonyl (C=O) groups excluding carboxylic acids is 3. The van der Waals surface area contributed by atoms with Crippen LogP contribution in [0.2, 0.25) is 5.02 Å². The van der Waals surface area contributed by atoms with Crippen LogP contribution in [0.5, 0.6) is 0 Å². The van der Waals surface area contributed by atoms with E-state index in [1.165, 1.54) is 30.5 Å². The summed E-state index contributed by atoms with van der Waals surface area (Å²) in [5.74, 6) is -0.604. The summed E-state index contributed by atoms with van der Waals surface area (Å²) < 4.78 is 0. The highest BCUT2D eigenvalue weighted by Crippen LogP contribution is 2.09. The molecule has 1 aromatic carbocycles. The average molecular weight is 273 g/mol. The normalized spacial score (nSPS) is 9.53. The minimum atomic E-state index is -0.857. The molecule has 0 fully saturated rings. The van der Waals surface area contributed by atoms with Gasteiger partial charge in [0.25, 0.3) is 11.1 Å². The number of thioether (sulfide) groups is 1. The molecule has 17 heavy (non-hydrogen) atoms. The van der Waals surface area contributed by atoms with E-state index in [0.29, 0.717) is 5.02 Å². The molecule has 0 radical (unpaired) electrons. The molecule has 0 aliphatic carbocycles. The number of amides is 4. The van der Waals surface area contributed by atoms with E-state index in [4.69, 9.17) is 11.6 Å². The van der Waals surface area contributed by atoms with Crippen LogP contribution >= 0.6 is 23.4 Å². The van der Waals surface area contributed by atoms with Crippen molar-refractivity contribution < 1.29 is 14.4 Å². The Hall–Kier alpha value is -1.53. The van der Waals surface area contributed by atoms with E-state index < -0.39 is 17.2 Å². The molecule has 90 valence electrons. The van der Waals surface area contributed by atoms with Crippen LogP contribution in [0.15, 0.2) is 24.3 Å². The topological polar surface area (TPSA) is 75.3 Å². The van der Waals surface area contributed by atoms with Crippen LogP contribution in [0.3, 0.4) is 0 Å². The molecule has 0 aliphatic heterocycles. The smallest absolute Gasteiger partial charge is 0.274 e. The van der Waals surface area contributed by atoms with E-state index in [9.17, 15) is 14.4 Å². The first-order chi connectivity index (χ1) is 8.02. The molecule has 7 heteroatoms. The first-order valence-electron chi connectivity index (χ1n) is 4.49. The van der Waals surface area contributed by atoms with E-state index in [-0.39, 0.29) is 5.56 Å². The zero-order chi connectivity index (χ0) is 12.8. The Kier molecular flexibility index (Phi) is 4.99. The van der Waals surface area contributed by atoms with Crippen molar-refractivity contribution in [3.8, 4) is 0 Å². The molecule has 0 atom stereocenters. The molecule has 0 spiro atoms. The second-order valence-corrected chi connectivity index (χ2v) is 4.12. The minimum Gasteiger partial charge on any atom is -0.274 e. The van der Waals surface area contributed by atoms with Crippen LogP contribution in [-0.2, 0) is 0 Å². The molecule has 1 rings (SSSR count). The lowest BCUT2D eigenvalue weighted by atomic mass is 10.2. The molecule has 0 heterocycles. The van der Waals surface area contributed by atoms with Gasteiger partial charge >= 0.3 is 6.03 Å². The molecule has 2 N–H and O–H groups in total. The van der Waals surface area contributed by atoms with E-state index in [1.807, 2.05) is 10.6 Å². The van der Waals surface area contributed by atoms with Gasteiger partial charge in [-0.15, -0.1) is 0 Å². The molecule has 0 saturated carbocycles. The highest BCUT2D eigenvalue weighted by molar-refractivity contribution is 8.13. The Morgan fingerprint density at radius 3 is 2.24 bits per heavy atom. The number of hydrogen-bond acceptors (Lipinski definition) is 4. The summed E-state index contributed by atoms with van der Waals surface area (Å²) in [7, 11) is 0. The molecule has 4 amide bonds. The molecule has 5 nitrogen and oxygen atoms in total. The van der Waals surface area contributed by atoms with Crippen molar-refractivity contribution in [1.29, 1.82) is 0 Å². The van der Waals surface area contributed by atoms with Gasteiger partial charge in [-0.1, -0.05) is 23.4 Å². The van der Waals surface area contributed by atoms with Crippen LogP contribution in [0.4, 0.5) is 9.59 Å². The molecule has 0 aliphatic rings. The summed E-state index contributed by atoms with van der Waals surface area (Å²) in [6.07, 6.45) is 1.52. The van der Waals surface area contributed by atoms with Gasteiger partial charge in [0.15, 0.2) is 0 Å². The second kappa shape index (κ2) is 6.27. The van der Waals surface area contributed by atoms with Gasteiger partial charge in [0.2, 0.25) is 0 Å². The monoisotopic (exact) mass is 272 g/mol. The van der Waals surface area contributed by atoms with Gasteiger partial charge in [0, 0.05) is 10.6 Å². The number of halogens is 1. The maximum atomic E-state index is 11.5. The number of benzene rings is 1. The van der Waals surface area contributed by atoms with Gasteiger partial charge in [-0.05, 0) is 30.5 Å².